The molecule has 7 rings (SSSR count). The minimum atomic E-state index is -1.19. The standard InChI is InChI=1S/C40H45NO10/c1-3-48-39(46)38-28(20-43)33(24-10-12-31(45)26(18-24)22-9-11-30-23(17-22)13-14-41-30)34-36(49-16-6-15-42)27-19-32(40(2,47)25-7-4-5-8-25)50-35(27)29(21-44)37(34)51-38/h9,11,13-14,17,20,25-26,32,41-42,44,47H,3-8,10,12,15-16,18-19,21H2,1-2H3. The van der Waals surface area contributed by atoms with Crippen LogP contribution in [0.2, 0.25) is 0 Å². The maximum Gasteiger partial charge on any atom is 0.375 e. The molecule has 3 unspecified atom stereocenters. The number of carbonyl (C=O) groups excluding carboxylic acids is 3. The number of hydrogen-bond acceptors (Lipinski definition) is 10. The number of ketones is 1. The number of aldehydes is 1. The zero-order valence-corrected chi connectivity index (χ0v) is 29.1. The molecule has 11 heteroatoms. The van der Waals surface area contributed by atoms with E-state index in [1.54, 1.807) is 13.8 Å². The van der Waals surface area contributed by atoms with Gasteiger partial charge in [0.15, 0.2) is 6.29 Å². The Morgan fingerprint density at radius 2 is 1.92 bits per heavy atom. The third kappa shape index (κ3) is 6.15. The number of nitrogens with one attached hydrogen (secondary N) is 1. The van der Waals surface area contributed by atoms with Crippen molar-refractivity contribution in [2.45, 2.75) is 95.9 Å². The van der Waals surface area contributed by atoms with Gasteiger partial charge in [0.25, 0.3) is 0 Å². The Kier molecular flexibility index (Phi) is 9.80. The largest absolute Gasteiger partial charge is 0.492 e. The van der Waals surface area contributed by atoms with Crippen molar-refractivity contribution >= 4 is 34.5 Å². The van der Waals surface area contributed by atoms with Gasteiger partial charge < -0.3 is 39.3 Å². The summed E-state index contributed by atoms with van der Waals surface area (Å²) in [6.07, 6.45) is 6.92. The fraction of sp³-hybridized carbons (Fsp3) is 0.475. The molecule has 3 heterocycles. The predicted molar refractivity (Wildman–Crippen MR) is 187 cm³/mol. The van der Waals surface area contributed by atoms with Gasteiger partial charge in [0.05, 0.1) is 36.5 Å². The summed E-state index contributed by atoms with van der Waals surface area (Å²) in [5, 5.41) is 33.5. The summed E-state index contributed by atoms with van der Waals surface area (Å²) in [4.78, 5) is 43.3. The Labute approximate surface area is 296 Å². The van der Waals surface area contributed by atoms with Gasteiger partial charge in [0.2, 0.25) is 5.76 Å². The highest BCUT2D eigenvalue weighted by Gasteiger charge is 2.49. The normalized spacial score (nSPS) is 23.0. The molecule has 2 aromatic carbocycles. The van der Waals surface area contributed by atoms with Gasteiger partial charge in [-0.1, -0.05) is 24.5 Å². The van der Waals surface area contributed by atoms with Crippen LogP contribution in [0.1, 0.15) is 93.4 Å². The van der Waals surface area contributed by atoms with Crippen molar-refractivity contribution in [1.29, 1.82) is 0 Å². The minimum absolute atomic E-state index is 0.0256. The molecule has 2 saturated carbocycles. The van der Waals surface area contributed by atoms with Crippen molar-refractivity contribution in [3.63, 3.8) is 0 Å². The number of rotatable bonds is 11. The number of hydrogen-bond donors (Lipinski definition) is 4. The third-order valence-corrected chi connectivity index (χ3v) is 11.1. The first-order chi connectivity index (χ1) is 24.7. The number of fused-ring (bicyclic) bond motifs is 3. The molecule has 0 radical (unpaired) electrons. The second kappa shape index (κ2) is 14.3. The molecule has 0 amide bonds. The van der Waals surface area contributed by atoms with Crippen LogP contribution in [0.4, 0.5) is 0 Å². The summed E-state index contributed by atoms with van der Waals surface area (Å²) >= 11 is 0. The van der Waals surface area contributed by atoms with E-state index in [9.17, 15) is 29.7 Å². The molecule has 2 aliphatic heterocycles. The average Bonchev–Trinajstić information content (AvgIpc) is 3.93. The number of esters is 1. The lowest BCUT2D eigenvalue weighted by Gasteiger charge is -2.35. The third-order valence-electron chi connectivity index (χ3n) is 11.1. The number of aromatic nitrogens is 1. The van der Waals surface area contributed by atoms with Crippen molar-refractivity contribution < 1.29 is 48.7 Å². The highest BCUT2D eigenvalue weighted by atomic mass is 16.6. The topological polar surface area (TPSA) is 165 Å². The summed E-state index contributed by atoms with van der Waals surface area (Å²) in [6, 6.07) is 7.82. The van der Waals surface area contributed by atoms with E-state index in [4.69, 9.17) is 18.9 Å². The molecule has 1 aromatic heterocycles. The number of aromatic amines is 1. The Morgan fingerprint density at radius 1 is 1.12 bits per heavy atom. The van der Waals surface area contributed by atoms with Gasteiger partial charge in [0.1, 0.15) is 34.7 Å². The molecular weight excluding hydrogens is 654 g/mol. The zero-order chi connectivity index (χ0) is 35.9. The molecule has 0 bridgehead atoms. The fourth-order valence-corrected chi connectivity index (χ4v) is 8.43. The SMILES string of the molecule is CCOC(=O)C1=C(C=O)C(=C2CCC(=O)C(c3ccc4[nH]ccc4c3)C2)c2c(OCCCO)c3c(c(CO)c2O1)OC(C(C)(O)C1CCCC1)C3. The number of benzene rings is 2. The summed E-state index contributed by atoms with van der Waals surface area (Å²) < 4.78 is 24.6. The highest BCUT2D eigenvalue weighted by molar-refractivity contribution is 6.11. The van der Waals surface area contributed by atoms with E-state index in [0.29, 0.717) is 47.3 Å². The first-order valence-electron chi connectivity index (χ1n) is 18.0. The Balaban J connectivity index is 1.44. The Bertz CT molecular complexity index is 1930. The Morgan fingerprint density at radius 3 is 2.65 bits per heavy atom. The summed E-state index contributed by atoms with van der Waals surface area (Å²) in [5.41, 5.74) is 2.96. The number of ether oxygens (including phenoxy) is 4. The molecule has 4 N–H and O–H groups in total. The van der Waals surface area contributed by atoms with Crippen LogP contribution < -0.4 is 14.2 Å². The van der Waals surface area contributed by atoms with Gasteiger partial charge in [-0.15, -0.1) is 0 Å². The van der Waals surface area contributed by atoms with E-state index in [1.165, 1.54) is 0 Å². The van der Waals surface area contributed by atoms with Gasteiger partial charge in [-0.3, -0.25) is 9.59 Å². The lowest BCUT2D eigenvalue weighted by Crippen LogP contribution is -2.47. The van der Waals surface area contributed by atoms with E-state index in [0.717, 1.165) is 47.7 Å². The molecule has 0 saturated heterocycles. The maximum atomic E-state index is 13.6. The summed E-state index contributed by atoms with van der Waals surface area (Å²) in [7, 11) is 0. The van der Waals surface area contributed by atoms with Crippen LogP contribution in [0.3, 0.4) is 0 Å². The van der Waals surface area contributed by atoms with Crippen molar-refractivity contribution in [2.75, 3.05) is 19.8 Å². The molecular formula is C40H45NO10. The van der Waals surface area contributed by atoms with Crippen molar-refractivity contribution in [3.8, 4) is 17.2 Å². The number of H-pyrrole nitrogens is 1. The van der Waals surface area contributed by atoms with Crippen LogP contribution in [0.25, 0.3) is 16.5 Å². The number of carbonyl (C=O) groups is 3. The molecule has 4 aliphatic rings. The molecule has 51 heavy (non-hydrogen) atoms. The van der Waals surface area contributed by atoms with Gasteiger partial charge in [0, 0.05) is 54.6 Å². The van der Waals surface area contributed by atoms with Crippen LogP contribution in [0, 0.1) is 5.92 Å². The van der Waals surface area contributed by atoms with Crippen LogP contribution in [0.5, 0.6) is 17.2 Å². The van der Waals surface area contributed by atoms with E-state index >= 15 is 0 Å². The van der Waals surface area contributed by atoms with Crippen molar-refractivity contribution in [3.05, 3.63) is 69.6 Å². The molecule has 270 valence electrons. The second-order valence-electron chi connectivity index (χ2n) is 14.1. The smallest absolute Gasteiger partial charge is 0.375 e. The Hall–Kier alpha value is -4.45. The summed E-state index contributed by atoms with van der Waals surface area (Å²) in [6.45, 7) is 2.93. The lowest BCUT2D eigenvalue weighted by atomic mass is 9.75. The molecule has 2 aliphatic carbocycles. The van der Waals surface area contributed by atoms with Crippen molar-refractivity contribution in [1.82, 2.24) is 4.98 Å². The van der Waals surface area contributed by atoms with E-state index in [2.05, 4.69) is 4.98 Å². The van der Waals surface area contributed by atoms with Gasteiger partial charge >= 0.3 is 5.97 Å². The fourth-order valence-electron chi connectivity index (χ4n) is 8.43. The quantitative estimate of drug-likeness (QED) is 0.116. The number of allylic oxidation sites excluding steroid dienone is 3. The number of Topliss-reactive ketones (excluding diaryl/α,β-unsaturated/α-hetero) is 1. The van der Waals surface area contributed by atoms with Gasteiger partial charge in [-0.05, 0) is 74.6 Å². The molecule has 11 nitrogen and oxygen atoms in total. The second-order valence-corrected chi connectivity index (χ2v) is 14.1. The van der Waals surface area contributed by atoms with Gasteiger partial charge in [-0.25, -0.2) is 4.79 Å². The molecule has 3 aromatic rings. The molecule has 2 fully saturated rings. The van der Waals surface area contributed by atoms with Gasteiger partial charge in [-0.2, -0.15) is 0 Å². The van der Waals surface area contributed by atoms with Crippen LogP contribution >= 0.6 is 0 Å². The van der Waals surface area contributed by atoms with Crippen molar-refractivity contribution in [2.24, 2.45) is 5.92 Å². The maximum absolute atomic E-state index is 13.6. The van der Waals surface area contributed by atoms with E-state index in [-0.39, 0.29) is 73.4 Å². The lowest BCUT2D eigenvalue weighted by molar-refractivity contribution is -0.141. The molecule has 0 spiro atoms. The zero-order valence-electron chi connectivity index (χ0n) is 29.1. The van der Waals surface area contributed by atoms with E-state index in [1.807, 2.05) is 30.5 Å². The average molecular weight is 700 g/mol. The van der Waals surface area contributed by atoms with Crippen LogP contribution in [0.15, 0.2) is 47.4 Å². The van der Waals surface area contributed by atoms with Crippen LogP contribution in [-0.4, -0.2) is 69.9 Å². The first-order valence-corrected chi connectivity index (χ1v) is 18.0. The number of aliphatic hydroxyl groups is 3. The monoisotopic (exact) mass is 699 g/mol. The first kappa shape index (κ1) is 35.0. The van der Waals surface area contributed by atoms with E-state index < -0.39 is 30.2 Å². The number of aliphatic hydroxyl groups excluding tert-OH is 2. The minimum Gasteiger partial charge on any atom is -0.492 e. The molecule has 3 atom stereocenters. The summed E-state index contributed by atoms with van der Waals surface area (Å²) in [5.74, 6) is -0.858. The predicted octanol–water partition coefficient (Wildman–Crippen LogP) is 5.37. The highest BCUT2D eigenvalue weighted by Crippen LogP contribution is 2.57. The van der Waals surface area contributed by atoms with Crippen LogP contribution in [-0.2, 0) is 32.1 Å².